The molecular formula is C15H12N2O2. The van der Waals surface area contributed by atoms with Gasteiger partial charge in [-0.25, -0.2) is 0 Å². The van der Waals surface area contributed by atoms with Gasteiger partial charge in [0, 0.05) is 11.6 Å². The van der Waals surface area contributed by atoms with Gasteiger partial charge in [-0.2, -0.15) is 0 Å². The van der Waals surface area contributed by atoms with Crippen LogP contribution in [0.25, 0.3) is 23.6 Å². The Morgan fingerprint density at radius 1 is 1.00 bits per heavy atom. The number of furan rings is 1. The first-order valence-corrected chi connectivity index (χ1v) is 5.94. The normalized spacial score (nSPS) is 11.2. The first kappa shape index (κ1) is 11.5. The molecule has 4 heteroatoms. The summed E-state index contributed by atoms with van der Waals surface area (Å²) in [6, 6.07) is 11.6. The first-order chi connectivity index (χ1) is 9.33. The van der Waals surface area contributed by atoms with Gasteiger partial charge in [0.05, 0.1) is 6.26 Å². The Labute approximate surface area is 110 Å². The van der Waals surface area contributed by atoms with E-state index < -0.39 is 0 Å². The molecule has 0 amide bonds. The Morgan fingerprint density at radius 2 is 1.89 bits per heavy atom. The lowest BCUT2D eigenvalue weighted by molar-refractivity contribution is 0.552. The van der Waals surface area contributed by atoms with E-state index in [4.69, 9.17) is 8.83 Å². The molecule has 0 radical (unpaired) electrons. The average Bonchev–Trinajstić information content (AvgIpc) is 3.08. The number of rotatable bonds is 3. The zero-order valence-electron chi connectivity index (χ0n) is 10.4. The van der Waals surface area contributed by atoms with E-state index in [2.05, 4.69) is 10.2 Å². The second-order valence-electron chi connectivity index (χ2n) is 4.11. The molecule has 0 aliphatic carbocycles. The molecule has 3 aromatic rings. The average molecular weight is 252 g/mol. The Bertz CT molecular complexity index is 697. The second-order valence-corrected chi connectivity index (χ2v) is 4.11. The molecule has 2 heterocycles. The van der Waals surface area contributed by atoms with Crippen LogP contribution >= 0.6 is 0 Å². The predicted molar refractivity (Wildman–Crippen MR) is 72.1 cm³/mol. The first-order valence-electron chi connectivity index (χ1n) is 5.94. The van der Waals surface area contributed by atoms with Crippen LogP contribution in [0.3, 0.4) is 0 Å². The van der Waals surface area contributed by atoms with Crippen LogP contribution in [0, 0.1) is 6.92 Å². The Hall–Kier alpha value is -2.62. The smallest absolute Gasteiger partial charge is 0.248 e. The van der Waals surface area contributed by atoms with Crippen molar-refractivity contribution in [3.63, 3.8) is 0 Å². The highest BCUT2D eigenvalue weighted by atomic mass is 16.4. The van der Waals surface area contributed by atoms with E-state index in [1.54, 1.807) is 18.4 Å². The van der Waals surface area contributed by atoms with Crippen molar-refractivity contribution in [2.45, 2.75) is 6.92 Å². The lowest BCUT2D eigenvalue weighted by Gasteiger charge is -1.97. The van der Waals surface area contributed by atoms with E-state index in [0.29, 0.717) is 11.8 Å². The Balaban J connectivity index is 1.86. The van der Waals surface area contributed by atoms with Gasteiger partial charge in [-0.1, -0.05) is 18.2 Å². The summed E-state index contributed by atoms with van der Waals surface area (Å²) in [5.74, 6) is 1.72. The molecule has 3 rings (SSSR count). The number of aromatic nitrogens is 2. The van der Waals surface area contributed by atoms with Crippen molar-refractivity contribution in [1.82, 2.24) is 10.2 Å². The van der Waals surface area contributed by atoms with Crippen LogP contribution in [-0.4, -0.2) is 10.2 Å². The van der Waals surface area contributed by atoms with Crippen LogP contribution < -0.4 is 0 Å². The molecule has 0 unspecified atom stereocenters. The van der Waals surface area contributed by atoms with Crippen LogP contribution in [0.4, 0.5) is 0 Å². The highest BCUT2D eigenvalue weighted by molar-refractivity contribution is 5.64. The van der Waals surface area contributed by atoms with Crippen molar-refractivity contribution in [3.8, 4) is 11.5 Å². The number of nitrogens with zero attached hydrogens (tertiary/aromatic N) is 2. The van der Waals surface area contributed by atoms with Crippen LogP contribution in [-0.2, 0) is 0 Å². The van der Waals surface area contributed by atoms with Crippen molar-refractivity contribution >= 4 is 12.2 Å². The summed E-state index contributed by atoms with van der Waals surface area (Å²) in [5, 5.41) is 8.04. The SMILES string of the molecule is Cc1ccccc1-c1nnc(/C=C/c2ccco2)o1. The minimum atomic E-state index is 0.453. The molecule has 0 fully saturated rings. The van der Waals surface area contributed by atoms with Crippen molar-refractivity contribution in [3.05, 3.63) is 59.9 Å². The van der Waals surface area contributed by atoms with Crippen molar-refractivity contribution in [2.75, 3.05) is 0 Å². The fraction of sp³-hybridized carbons (Fsp3) is 0.0667. The minimum absolute atomic E-state index is 0.453. The molecule has 0 spiro atoms. The second kappa shape index (κ2) is 4.94. The highest BCUT2D eigenvalue weighted by Crippen LogP contribution is 2.22. The largest absolute Gasteiger partial charge is 0.465 e. The fourth-order valence-electron chi connectivity index (χ4n) is 1.76. The standard InChI is InChI=1S/C15H12N2O2/c1-11-5-2-3-7-13(11)15-17-16-14(19-15)9-8-12-6-4-10-18-12/h2-10H,1H3/b9-8+. The molecule has 0 aliphatic rings. The molecule has 0 aliphatic heterocycles. The van der Waals surface area contributed by atoms with Gasteiger partial charge in [0.15, 0.2) is 0 Å². The maximum atomic E-state index is 5.60. The van der Waals surface area contributed by atoms with Crippen LogP contribution in [0.2, 0.25) is 0 Å². The van der Waals surface area contributed by atoms with Crippen molar-refractivity contribution < 1.29 is 8.83 Å². The minimum Gasteiger partial charge on any atom is -0.465 e. The molecule has 1 aromatic carbocycles. The molecule has 0 saturated carbocycles. The predicted octanol–water partition coefficient (Wildman–Crippen LogP) is 3.81. The lowest BCUT2D eigenvalue weighted by Crippen LogP contribution is -1.81. The van der Waals surface area contributed by atoms with E-state index in [1.807, 2.05) is 43.3 Å². The summed E-state index contributed by atoms with van der Waals surface area (Å²) in [4.78, 5) is 0. The summed E-state index contributed by atoms with van der Waals surface area (Å²) in [7, 11) is 0. The summed E-state index contributed by atoms with van der Waals surface area (Å²) < 4.78 is 10.8. The number of benzene rings is 1. The van der Waals surface area contributed by atoms with Crippen molar-refractivity contribution in [1.29, 1.82) is 0 Å². The van der Waals surface area contributed by atoms with Gasteiger partial charge < -0.3 is 8.83 Å². The third-order valence-electron chi connectivity index (χ3n) is 2.75. The molecular weight excluding hydrogens is 240 g/mol. The van der Waals surface area contributed by atoms with Gasteiger partial charge in [0.1, 0.15) is 5.76 Å². The monoisotopic (exact) mass is 252 g/mol. The number of aryl methyl sites for hydroxylation is 1. The molecule has 4 nitrogen and oxygen atoms in total. The molecule has 0 bridgehead atoms. The summed E-state index contributed by atoms with van der Waals surface area (Å²) >= 11 is 0. The van der Waals surface area contributed by atoms with Crippen LogP contribution in [0.5, 0.6) is 0 Å². The van der Waals surface area contributed by atoms with Gasteiger partial charge in [0.25, 0.3) is 0 Å². The number of hydrogen-bond acceptors (Lipinski definition) is 4. The Morgan fingerprint density at radius 3 is 2.68 bits per heavy atom. The molecule has 0 N–H and O–H groups in total. The zero-order valence-corrected chi connectivity index (χ0v) is 10.4. The highest BCUT2D eigenvalue weighted by Gasteiger charge is 2.08. The van der Waals surface area contributed by atoms with Gasteiger partial charge in [-0.3, -0.25) is 0 Å². The fourth-order valence-corrected chi connectivity index (χ4v) is 1.76. The van der Waals surface area contributed by atoms with Crippen LogP contribution in [0.1, 0.15) is 17.2 Å². The maximum Gasteiger partial charge on any atom is 0.248 e. The summed E-state index contributed by atoms with van der Waals surface area (Å²) in [6.45, 7) is 2.01. The van der Waals surface area contributed by atoms with E-state index in [0.717, 1.165) is 16.9 Å². The third kappa shape index (κ3) is 2.47. The lowest BCUT2D eigenvalue weighted by atomic mass is 10.1. The summed E-state index contributed by atoms with van der Waals surface area (Å²) in [6.07, 6.45) is 5.13. The van der Waals surface area contributed by atoms with E-state index >= 15 is 0 Å². The van der Waals surface area contributed by atoms with E-state index in [-0.39, 0.29) is 0 Å². The quantitative estimate of drug-likeness (QED) is 0.711. The molecule has 0 atom stereocenters. The van der Waals surface area contributed by atoms with E-state index in [1.165, 1.54) is 0 Å². The third-order valence-corrected chi connectivity index (χ3v) is 2.75. The topological polar surface area (TPSA) is 52.1 Å². The van der Waals surface area contributed by atoms with Crippen LogP contribution in [0.15, 0.2) is 51.5 Å². The van der Waals surface area contributed by atoms with Crippen molar-refractivity contribution in [2.24, 2.45) is 0 Å². The van der Waals surface area contributed by atoms with Gasteiger partial charge in [-0.15, -0.1) is 10.2 Å². The Kier molecular flexibility index (Phi) is 2.98. The zero-order chi connectivity index (χ0) is 13.1. The summed E-state index contributed by atoms with van der Waals surface area (Å²) in [5.41, 5.74) is 2.06. The number of hydrogen-bond donors (Lipinski definition) is 0. The van der Waals surface area contributed by atoms with Gasteiger partial charge in [0.2, 0.25) is 11.8 Å². The van der Waals surface area contributed by atoms with Gasteiger partial charge in [-0.05, 0) is 36.8 Å². The molecule has 2 aromatic heterocycles. The molecule has 0 saturated heterocycles. The van der Waals surface area contributed by atoms with Gasteiger partial charge >= 0.3 is 0 Å². The maximum absolute atomic E-state index is 5.60. The molecule has 19 heavy (non-hydrogen) atoms. The molecule has 94 valence electrons. The van der Waals surface area contributed by atoms with E-state index in [9.17, 15) is 0 Å².